The minimum absolute atomic E-state index is 0.161. The molecule has 0 bridgehead atoms. The number of hydrogen-bond donors (Lipinski definition) is 1. The molecule has 1 saturated heterocycles. The molecular weight excluding hydrogens is 314 g/mol. The summed E-state index contributed by atoms with van der Waals surface area (Å²) in [7, 11) is 0. The van der Waals surface area contributed by atoms with E-state index >= 15 is 0 Å². The van der Waals surface area contributed by atoms with Crippen LogP contribution in [0.25, 0.3) is 10.6 Å². The number of likely N-dealkylation sites (tertiary alicyclic amines) is 1. The molecule has 0 radical (unpaired) electrons. The fraction of sp³-hybridized carbons (Fsp3) is 0.375. The maximum absolute atomic E-state index is 11.5. The fourth-order valence-electron chi connectivity index (χ4n) is 3.09. The Morgan fingerprint density at radius 2 is 2.26 bits per heavy atom. The number of carbonyl (C=O) groups is 1. The SMILES string of the molecule is NC(=O)[C@H]1CCCN1Cc1csc(-c2ccc3c(c2)OCO3)n1. The Labute approximate surface area is 137 Å². The average Bonchev–Trinajstić information content (AvgIpc) is 3.26. The molecule has 0 unspecified atom stereocenters. The Balaban J connectivity index is 1.52. The Morgan fingerprint density at radius 3 is 3.13 bits per heavy atom. The third kappa shape index (κ3) is 2.77. The zero-order chi connectivity index (χ0) is 15.8. The van der Waals surface area contributed by atoms with Crippen molar-refractivity contribution >= 4 is 17.2 Å². The molecule has 7 heteroatoms. The van der Waals surface area contributed by atoms with Crippen LogP contribution in [0.4, 0.5) is 0 Å². The molecule has 0 spiro atoms. The van der Waals surface area contributed by atoms with Gasteiger partial charge in [-0.05, 0) is 37.6 Å². The molecule has 1 fully saturated rings. The van der Waals surface area contributed by atoms with E-state index in [1.807, 2.05) is 23.6 Å². The van der Waals surface area contributed by atoms with Gasteiger partial charge in [0.2, 0.25) is 12.7 Å². The van der Waals surface area contributed by atoms with E-state index in [0.29, 0.717) is 6.54 Å². The predicted octanol–water partition coefficient (Wildman–Crippen LogP) is 1.99. The molecule has 1 aromatic heterocycles. The van der Waals surface area contributed by atoms with E-state index in [4.69, 9.17) is 20.2 Å². The van der Waals surface area contributed by atoms with Gasteiger partial charge < -0.3 is 15.2 Å². The molecule has 2 aromatic rings. The number of nitrogens with zero attached hydrogens (tertiary/aromatic N) is 2. The molecule has 120 valence electrons. The number of carbonyl (C=O) groups excluding carboxylic acids is 1. The highest BCUT2D eigenvalue weighted by molar-refractivity contribution is 7.13. The molecule has 3 heterocycles. The summed E-state index contributed by atoms with van der Waals surface area (Å²) >= 11 is 1.59. The Kier molecular flexibility index (Phi) is 3.66. The first kappa shape index (κ1) is 14.5. The van der Waals surface area contributed by atoms with Gasteiger partial charge in [0.15, 0.2) is 11.5 Å². The highest BCUT2D eigenvalue weighted by Gasteiger charge is 2.29. The largest absolute Gasteiger partial charge is 0.454 e. The van der Waals surface area contributed by atoms with E-state index in [9.17, 15) is 4.79 Å². The number of hydrogen-bond acceptors (Lipinski definition) is 6. The van der Waals surface area contributed by atoms with Gasteiger partial charge in [-0.2, -0.15) is 0 Å². The molecule has 2 aliphatic rings. The summed E-state index contributed by atoms with van der Waals surface area (Å²) in [6.07, 6.45) is 1.85. The summed E-state index contributed by atoms with van der Waals surface area (Å²) in [5, 5.41) is 2.98. The van der Waals surface area contributed by atoms with E-state index in [1.165, 1.54) is 0 Å². The first-order chi connectivity index (χ1) is 11.2. The van der Waals surface area contributed by atoms with E-state index in [-0.39, 0.29) is 18.7 Å². The van der Waals surface area contributed by atoms with Crippen LogP contribution in [0.3, 0.4) is 0 Å². The van der Waals surface area contributed by atoms with Gasteiger partial charge in [-0.15, -0.1) is 11.3 Å². The van der Waals surface area contributed by atoms with Crippen molar-refractivity contribution in [1.82, 2.24) is 9.88 Å². The van der Waals surface area contributed by atoms with Gasteiger partial charge in [0.05, 0.1) is 11.7 Å². The predicted molar refractivity (Wildman–Crippen MR) is 86.3 cm³/mol. The first-order valence-corrected chi connectivity index (χ1v) is 8.46. The molecular formula is C16H17N3O3S. The van der Waals surface area contributed by atoms with Crippen molar-refractivity contribution in [2.75, 3.05) is 13.3 Å². The Hall–Kier alpha value is -2.12. The van der Waals surface area contributed by atoms with Gasteiger partial charge >= 0.3 is 0 Å². The third-order valence-electron chi connectivity index (χ3n) is 4.23. The number of benzene rings is 1. The molecule has 0 aliphatic carbocycles. The quantitative estimate of drug-likeness (QED) is 0.927. The van der Waals surface area contributed by atoms with Crippen LogP contribution in [-0.2, 0) is 11.3 Å². The van der Waals surface area contributed by atoms with Crippen molar-refractivity contribution in [2.24, 2.45) is 5.73 Å². The standard InChI is InChI=1S/C16H17N3O3S/c17-15(20)12-2-1-5-19(12)7-11-8-23-16(18-11)10-3-4-13-14(6-10)22-9-21-13/h3-4,6,8,12H,1-2,5,7,9H2,(H2,17,20)/t12-/m1/s1. The highest BCUT2D eigenvalue weighted by atomic mass is 32.1. The van der Waals surface area contributed by atoms with Crippen LogP contribution in [0.5, 0.6) is 11.5 Å². The lowest BCUT2D eigenvalue weighted by Gasteiger charge is -2.20. The van der Waals surface area contributed by atoms with Crippen molar-refractivity contribution in [3.8, 4) is 22.1 Å². The molecule has 23 heavy (non-hydrogen) atoms. The molecule has 4 rings (SSSR count). The molecule has 1 amide bonds. The molecule has 6 nitrogen and oxygen atoms in total. The third-order valence-corrected chi connectivity index (χ3v) is 5.17. The molecule has 2 N–H and O–H groups in total. The summed E-state index contributed by atoms with van der Waals surface area (Å²) in [6.45, 7) is 1.82. The van der Waals surface area contributed by atoms with Crippen molar-refractivity contribution in [3.05, 3.63) is 29.3 Å². The molecule has 0 saturated carbocycles. The van der Waals surface area contributed by atoms with Gasteiger partial charge in [0, 0.05) is 17.5 Å². The maximum atomic E-state index is 11.5. The maximum Gasteiger partial charge on any atom is 0.234 e. The lowest BCUT2D eigenvalue weighted by atomic mass is 10.2. The number of aromatic nitrogens is 1. The second-order valence-corrected chi connectivity index (χ2v) is 6.60. The van der Waals surface area contributed by atoms with Gasteiger partial charge in [0.25, 0.3) is 0 Å². The van der Waals surface area contributed by atoms with Crippen molar-refractivity contribution in [3.63, 3.8) is 0 Å². The van der Waals surface area contributed by atoms with Crippen molar-refractivity contribution in [2.45, 2.75) is 25.4 Å². The van der Waals surface area contributed by atoms with E-state index < -0.39 is 0 Å². The monoisotopic (exact) mass is 331 g/mol. The van der Waals surface area contributed by atoms with Crippen LogP contribution in [0.2, 0.25) is 0 Å². The summed E-state index contributed by atoms with van der Waals surface area (Å²) < 4.78 is 10.7. The van der Waals surface area contributed by atoms with Crippen LogP contribution >= 0.6 is 11.3 Å². The van der Waals surface area contributed by atoms with Gasteiger partial charge in [-0.1, -0.05) is 0 Å². The van der Waals surface area contributed by atoms with Crippen LogP contribution in [0.1, 0.15) is 18.5 Å². The highest BCUT2D eigenvalue weighted by Crippen LogP contribution is 2.36. The molecule has 1 atom stereocenters. The number of fused-ring (bicyclic) bond motifs is 1. The smallest absolute Gasteiger partial charge is 0.234 e. The second-order valence-electron chi connectivity index (χ2n) is 5.74. The molecule has 1 aromatic carbocycles. The van der Waals surface area contributed by atoms with E-state index in [1.54, 1.807) is 11.3 Å². The number of amides is 1. The number of rotatable bonds is 4. The van der Waals surface area contributed by atoms with E-state index in [2.05, 4.69) is 4.90 Å². The fourth-order valence-corrected chi connectivity index (χ4v) is 3.90. The number of primary amides is 1. The van der Waals surface area contributed by atoms with Gasteiger partial charge in [0.1, 0.15) is 5.01 Å². The summed E-state index contributed by atoms with van der Waals surface area (Å²) in [5.74, 6) is 1.29. The minimum atomic E-state index is -0.242. The summed E-state index contributed by atoms with van der Waals surface area (Å²) in [4.78, 5) is 18.3. The minimum Gasteiger partial charge on any atom is -0.454 e. The summed E-state index contributed by atoms with van der Waals surface area (Å²) in [6, 6.07) is 5.68. The second kappa shape index (κ2) is 5.82. The normalized spacial score (nSPS) is 20.1. The van der Waals surface area contributed by atoms with Crippen molar-refractivity contribution < 1.29 is 14.3 Å². The summed E-state index contributed by atoms with van der Waals surface area (Å²) in [5.41, 5.74) is 7.45. The van der Waals surface area contributed by atoms with Crippen molar-refractivity contribution in [1.29, 1.82) is 0 Å². The van der Waals surface area contributed by atoms with Crippen LogP contribution in [0, 0.1) is 0 Å². The van der Waals surface area contributed by atoms with E-state index in [0.717, 1.165) is 47.2 Å². The van der Waals surface area contributed by atoms with Crippen LogP contribution in [-0.4, -0.2) is 35.2 Å². The van der Waals surface area contributed by atoms with Gasteiger partial charge in [-0.3, -0.25) is 9.69 Å². The topological polar surface area (TPSA) is 77.7 Å². The number of thiazole rings is 1. The lowest BCUT2D eigenvalue weighted by molar-refractivity contribution is -0.122. The first-order valence-electron chi connectivity index (χ1n) is 7.58. The van der Waals surface area contributed by atoms with Crippen LogP contribution < -0.4 is 15.2 Å². The van der Waals surface area contributed by atoms with Gasteiger partial charge in [-0.25, -0.2) is 4.98 Å². The Bertz CT molecular complexity index is 746. The Morgan fingerprint density at radius 1 is 1.39 bits per heavy atom. The zero-order valence-corrected chi connectivity index (χ0v) is 13.3. The number of nitrogens with two attached hydrogens (primary N) is 1. The lowest BCUT2D eigenvalue weighted by Crippen LogP contribution is -2.39. The molecule has 2 aliphatic heterocycles. The van der Waals surface area contributed by atoms with Crippen LogP contribution in [0.15, 0.2) is 23.6 Å². The average molecular weight is 331 g/mol. The number of ether oxygens (including phenoxy) is 2. The zero-order valence-electron chi connectivity index (χ0n) is 12.5.